The zero-order chi connectivity index (χ0) is 21.6. The molecule has 2 N–H and O–H groups in total. The van der Waals surface area contributed by atoms with E-state index in [4.69, 9.17) is 9.15 Å². The van der Waals surface area contributed by atoms with Crippen molar-refractivity contribution in [2.24, 2.45) is 0 Å². The van der Waals surface area contributed by atoms with Crippen LogP contribution in [-0.4, -0.2) is 27.7 Å². The molecule has 6 heteroatoms. The molecule has 0 saturated heterocycles. The van der Waals surface area contributed by atoms with E-state index in [0.29, 0.717) is 22.9 Å². The lowest BCUT2D eigenvalue weighted by Crippen LogP contribution is -2.39. The van der Waals surface area contributed by atoms with E-state index in [1.54, 1.807) is 13.8 Å². The maximum atomic E-state index is 12.9. The number of carbonyl (C=O) groups is 1. The molecular weight excluding hydrogens is 384 g/mol. The summed E-state index contributed by atoms with van der Waals surface area (Å²) in [7, 11) is 0. The first kappa shape index (κ1) is 20.2. The number of ketones is 1. The van der Waals surface area contributed by atoms with Gasteiger partial charge < -0.3 is 19.4 Å². The van der Waals surface area contributed by atoms with Crippen LogP contribution in [0.3, 0.4) is 0 Å². The number of fused-ring (bicyclic) bond motifs is 3. The summed E-state index contributed by atoms with van der Waals surface area (Å²) in [5.41, 5.74) is 0.234. The smallest absolute Gasteiger partial charge is 0.336 e. The van der Waals surface area contributed by atoms with Gasteiger partial charge in [-0.15, -0.1) is 0 Å². The van der Waals surface area contributed by atoms with Gasteiger partial charge in [0.1, 0.15) is 28.7 Å². The molecule has 0 aliphatic carbocycles. The normalized spacial score (nSPS) is 15.8. The Kier molecular flexibility index (Phi) is 4.90. The summed E-state index contributed by atoms with van der Waals surface area (Å²) < 4.78 is 11.5. The highest BCUT2D eigenvalue weighted by atomic mass is 16.5. The predicted octanol–water partition coefficient (Wildman–Crippen LogP) is 4.22. The Morgan fingerprint density at radius 1 is 1.23 bits per heavy atom. The number of aliphatic hydroxyl groups is 1. The molecule has 2 aromatic carbocycles. The minimum Gasteiger partial charge on any atom is -0.506 e. The van der Waals surface area contributed by atoms with E-state index >= 15 is 0 Å². The Labute approximate surface area is 173 Å². The van der Waals surface area contributed by atoms with E-state index in [2.05, 4.69) is 0 Å². The molecule has 1 aliphatic heterocycles. The number of carbonyl (C=O) groups excluding carboxylic acids is 1. The third-order valence-electron chi connectivity index (χ3n) is 5.49. The van der Waals surface area contributed by atoms with E-state index in [-0.39, 0.29) is 41.3 Å². The molecule has 1 aliphatic rings. The van der Waals surface area contributed by atoms with Crippen molar-refractivity contribution >= 4 is 16.8 Å². The van der Waals surface area contributed by atoms with Gasteiger partial charge >= 0.3 is 5.63 Å². The van der Waals surface area contributed by atoms with Crippen LogP contribution in [0.5, 0.6) is 11.5 Å². The Morgan fingerprint density at radius 2 is 1.93 bits per heavy atom. The summed E-state index contributed by atoms with van der Waals surface area (Å²) in [5.74, 6) is -0.324. The van der Waals surface area contributed by atoms with Gasteiger partial charge in [0.05, 0.1) is 11.0 Å². The van der Waals surface area contributed by atoms with Crippen molar-refractivity contribution in [3.05, 3.63) is 57.9 Å². The van der Waals surface area contributed by atoms with Gasteiger partial charge in [-0.2, -0.15) is 0 Å². The van der Waals surface area contributed by atoms with Gasteiger partial charge in [-0.05, 0) is 25.8 Å². The summed E-state index contributed by atoms with van der Waals surface area (Å²) in [6.07, 6.45) is 0.453. The predicted molar refractivity (Wildman–Crippen MR) is 113 cm³/mol. The first-order valence-corrected chi connectivity index (χ1v) is 10.1. The Bertz CT molecular complexity index is 1180. The van der Waals surface area contributed by atoms with E-state index < -0.39 is 17.3 Å². The van der Waals surface area contributed by atoms with E-state index in [0.717, 1.165) is 5.56 Å². The monoisotopic (exact) mass is 408 g/mol. The average Bonchev–Trinajstić information content (AvgIpc) is 3.14. The standard InChI is InChI=1S/C24H24O6/c1-4-8-16(25)20-21(27)19-14(13-9-6-5-7-10-13)12-18(26)30-22(19)15-11-17(24(2,3)28)29-23(15)20/h5-7,9-10,12,17,27-28H,4,8,11H2,1-3H3/t17-/m0/s1. The maximum Gasteiger partial charge on any atom is 0.336 e. The molecule has 0 fully saturated rings. The molecule has 4 rings (SSSR count). The van der Waals surface area contributed by atoms with Gasteiger partial charge in [-0.1, -0.05) is 37.3 Å². The number of benzene rings is 2. The Hall–Kier alpha value is -3.12. The second-order valence-electron chi connectivity index (χ2n) is 8.22. The first-order valence-electron chi connectivity index (χ1n) is 10.1. The lowest BCUT2D eigenvalue weighted by atomic mass is 9.91. The van der Waals surface area contributed by atoms with Crippen LogP contribution in [0.2, 0.25) is 0 Å². The fourth-order valence-corrected chi connectivity index (χ4v) is 3.96. The summed E-state index contributed by atoms with van der Waals surface area (Å²) in [6, 6.07) is 10.5. The third kappa shape index (κ3) is 3.27. The molecule has 6 nitrogen and oxygen atoms in total. The number of phenols is 1. The van der Waals surface area contributed by atoms with Gasteiger partial charge in [-0.25, -0.2) is 4.79 Å². The number of hydrogen-bond acceptors (Lipinski definition) is 6. The van der Waals surface area contributed by atoms with Crippen LogP contribution in [-0.2, 0) is 6.42 Å². The maximum absolute atomic E-state index is 12.9. The average molecular weight is 408 g/mol. The van der Waals surface area contributed by atoms with Crippen LogP contribution in [0.25, 0.3) is 22.1 Å². The quantitative estimate of drug-likeness (QED) is 0.485. The SMILES string of the molecule is CCCC(=O)c1c2c(c3oc(=O)cc(-c4ccccc4)c3c1O)C[C@@H](C(C)(C)O)O2. The van der Waals surface area contributed by atoms with Crippen molar-refractivity contribution in [1.29, 1.82) is 0 Å². The molecular formula is C24H24O6. The fraction of sp³-hybridized carbons (Fsp3) is 0.333. The molecule has 1 aromatic heterocycles. The molecule has 0 unspecified atom stereocenters. The molecule has 2 heterocycles. The molecule has 0 radical (unpaired) electrons. The van der Waals surface area contributed by atoms with Gasteiger partial charge in [0.25, 0.3) is 0 Å². The van der Waals surface area contributed by atoms with E-state index in [1.165, 1.54) is 6.07 Å². The van der Waals surface area contributed by atoms with E-state index in [9.17, 15) is 19.8 Å². The van der Waals surface area contributed by atoms with Crippen molar-refractivity contribution < 1.29 is 24.2 Å². The Balaban J connectivity index is 2.10. The number of hydrogen-bond donors (Lipinski definition) is 2. The van der Waals surface area contributed by atoms with Crippen molar-refractivity contribution in [3.8, 4) is 22.6 Å². The zero-order valence-corrected chi connectivity index (χ0v) is 17.2. The second kappa shape index (κ2) is 7.29. The number of aromatic hydroxyl groups is 1. The molecule has 0 saturated carbocycles. The lowest BCUT2D eigenvalue weighted by molar-refractivity contribution is -0.0232. The highest BCUT2D eigenvalue weighted by Crippen LogP contribution is 2.48. The van der Waals surface area contributed by atoms with Crippen molar-refractivity contribution in [2.45, 2.75) is 51.7 Å². The largest absolute Gasteiger partial charge is 0.506 e. The van der Waals surface area contributed by atoms with Crippen molar-refractivity contribution in [2.75, 3.05) is 0 Å². The fourth-order valence-electron chi connectivity index (χ4n) is 3.96. The van der Waals surface area contributed by atoms with E-state index in [1.807, 2.05) is 37.3 Å². The zero-order valence-electron chi connectivity index (χ0n) is 17.2. The highest BCUT2D eigenvalue weighted by molar-refractivity contribution is 6.11. The molecule has 156 valence electrons. The molecule has 3 aromatic rings. The van der Waals surface area contributed by atoms with Crippen LogP contribution in [0.4, 0.5) is 0 Å². The number of ether oxygens (including phenoxy) is 1. The Morgan fingerprint density at radius 3 is 2.57 bits per heavy atom. The van der Waals surface area contributed by atoms with Crippen molar-refractivity contribution in [1.82, 2.24) is 0 Å². The van der Waals surface area contributed by atoms with Crippen LogP contribution in [0, 0.1) is 0 Å². The van der Waals surface area contributed by atoms with Crippen LogP contribution in [0.1, 0.15) is 49.5 Å². The minimum absolute atomic E-state index is 0.0807. The second-order valence-corrected chi connectivity index (χ2v) is 8.22. The molecule has 0 bridgehead atoms. The molecule has 1 atom stereocenters. The van der Waals surface area contributed by atoms with Gasteiger partial charge in [0.15, 0.2) is 5.78 Å². The molecule has 0 spiro atoms. The van der Waals surface area contributed by atoms with Crippen molar-refractivity contribution in [3.63, 3.8) is 0 Å². The summed E-state index contributed by atoms with van der Waals surface area (Å²) in [6.45, 7) is 5.11. The van der Waals surface area contributed by atoms with Gasteiger partial charge in [0.2, 0.25) is 0 Å². The number of phenolic OH excluding ortho intramolecular Hbond substituents is 1. The van der Waals surface area contributed by atoms with Gasteiger partial charge in [0, 0.05) is 30.0 Å². The molecule has 30 heavy (non-hydrogen) atoms. The summed E-state index contributed by atoms with van der Waals surface area (Å²) in [4.78, 5) is 25.3. The lowest BCUT2D eigenvalue weighted by Gasteiger charge is -2.24. The third-order valence-corrected chi connectivity index (χ3v) is 5.49. The first-order chi connectivity index (χ1) is 14.2. The topological polar surface area (TPSA) is 97.0 Å². The number of rotatable bonds is 5. The van der Waals surface area contributed by atoms with Crippen LogP contribution in [0.15, 0.2) is 45.6 Å². The minimum atomic E-state index is -1.19. The van der Waals surface area contributed by atoms with Gasteiger partial charge in [-0.3, -0.25) is 4.79 Å². The molecule has 0 amide bonds. The highest BCUT2D eigenvalue weighted by Gasteiger charge is 2.40. The number of Topliss-reactive ketones (excluding diaryl/α,β-unsaturated/α-hetero) is 1. The summed E-state index contributed by atoms with van der Waals surface area (Å²) in [5, 5.41) is 22.0. The van der Waals surface area contributed by atoms with Crippen LogP contribution >= 0.6 is 0 Å². The summed E-state index contributed by atoms with van der Waals surface area (Å²) >= 11 is 0. The van der Waals surface area contributed by atoms with Crippen LogP contribution < -0.4 is 10.4 Å².